The van der Waals surface area contributed by atoms with Crippen LogP contribution in [0.1, 0.15) is 52.7 Å². The van der Waals surface area contributed by atoms with Crippen LogP contribution in [-0.2, 0) is 22.4 Å². The van der Waals surface area contributed by atoms with E-state index >= 15 is 0 Å². The Morgan fingerprint density at radius 1 is 1.12 bits per heavy atom. The van der Waals surface area contributed by atoms with Crippen molar-refractivity contribution in [3.63, 3.8) is 0 Å². The lowest BCUT2D eigenvalue weighted by molar-refractivity contribution is -0.119. The maximum atomic E-state index is 12.2. The van der Waals surface area contributed by atoms with Crippen molar-refractivity contribution in [3.05, 3.63) is 55.7 Å². The van der Waals surface area contributed by atoms with Gasteiger partial charge in [-0.25, -0.2) is 4.79 Å². The summed E-state index contributed by atoms with van der Waals surface area (Å²) in [5.74, 6) is -0.149. The second-order valence-electron chi connectivity index (χ2n) is 8.74. The van der Waals surface area contributed by atoms with E-state index in [1.54, 1.807) is 12.1 Å². The van der Waals surface area contributed by atoms with E-state index in [2.05, 4.69) is 5.32 Å². The SMILES string of the molecule is CC(=O)NCCOC(=O)c1ccc(CCC[C@@H]2[C@@H](CCc3cc(Cl)cc(Cl)c3)[C@H](O)C[C@@H]2Cl)s1. The number of thiophene rings is 1. The van der Waals surface area contributed by atoms with Gasteiger partial charge < -0.3 is 15.2 Å². The van der Waals surface area contributed by atoms with E-state index in [0.717, 1.165) is 42.5 Å². The Kier molecular flexibility index (Phi) is 10.5. The molecule has 9 heteroatoms. The molecule has 1 heterocycles. The molecule has 2 N–H and O–H groups in total. The highest BCUT2D eigenvalue weighted by Crippen LogP contribution is 2.42. The molecule has 0 saturated heterocycles. The number of rotatable bonds is 11. The molecule has 4 atom stereocenters. The first-order valence-electron chi connectivity index (χ1n) is 11.5. The van der Waals surface area contributed by atoms with Crippen molar-refractivity contribution in [1.82, 2.24) is 5.32 Å². The molecule has 0 spiro atoms. The number of hydrogen-bond donors (Lipinski definition) is 2. The number of esters is 1. The van der Waals surface area contributed by atoms with Gasteiger partial charge in [-0.15, -0.1) is 22.9 Å². The maximum absolute atomic E-state index is 12.2. The first-order chi connectivity index (χ1) is 16.2. The number of carbonyl (C=O) groups excluding carboxylic acids is 2. The van der Waals surface area contributed by atoms with Gasteiger partial charge in [-0.3, -0.25) is 4.79 Å². The van der Waals surface area contributed by atoms with Gasteiger partial charge in [0.05, 0.1) is 12.6 Å². The number of ether oxygens (including phenoxy) is 1. The van der Waals surface area contributed by atoms with Gasteiger partial charge in [0.1, 0.15) is 11.5 Å². The number of amides is 1. The molecule has 0 radical (unpaired) electrons. The predicted molar refractivity (Wildman–Crippen MR) is 138 cm³/mol. The lowest BCUT2D eigenvalue weighted by Gasteiger charge is -2.23. The van der Waals surface area contributed by atoms with Crippen LogP contribution in [0.5, 0.6) is 0 Å². The molecule has 1 aromatic carbocycles. The fourth-order valence-electron chi connectivity index (χ4n) is 4.60. The third-order valence-electron chi connectivity index (χ3n) is 6.20. The van der Waals surface area contributed by atoms with Gasteiger partial charge in [-0.1, -0.05) is 23.2 Å². The highest BCUT2D eigenvalue weighted by molar-refractivity contribution is 7.13. The zero-order valence-electron chi connectivity index (χ0n) is 19.1. The Morgan fingerprint density at radius 3 is 2.56 bits per heavy atom. The molecule has 34 heavy (non-hydrogen) atoms. The quantitative estimate of drug-likeness (QED) is 0.209. The number of aliphatic hydroxyl groups is 1. The molecule has 1 aliphatic carbocycles. The van der Waals surface area contributed by atoms with E-state index < -0.39 is 6.10 Å². The van der Waals surface area contributed by atoms with Crippen molar-refractivity contribution in [3.8, 4) is 0 Å². The van der Waals surface area contributed by atoms with Crippen LogP contribution in [0.2, 0.25) is 10.0 Å². The van der Waals surface area contributed by atoms with Gasteiger partial charge in [0.15, 0.2) is 0 Å². The Balaban J connectivity index is 1.47. The predicted octanol–water partition coefficient (Wildman–Crippen LogP) is 5.91. The Morgan fingerprint density at radius 2 is 1.85 bits per heavy atom. The van der Waals surface area contributed by atoms with Crippen LogP contribution in [0.3, 0.4) is 0 Å². The van der Waals surface area contributed by atoms with Crippen LogP contribution >= 0.6 is 46.1 Å². The average Bonchev–Trinajstić information content (AvgIpc) is 3.33. The second kappa shape index (κ2) is 13.1. The molecule has 3 rings (SSSR count). The minimum absolute atomic E-state index is 0.0413. The van der Waals surface area contributed by atoms with Gasteiger partial charge in [-0.05, 0) is 86.3 Å². The molecular weight excluding hydrogens is 517 g/mol. The van der Waals surface area contributed by atoms with Crippen LogP contribution in [0, 0.1) is 11.8 Å². The van der Waals surface area contributed by atoms with Crippen LogP contribution in [-0.4, -0.2) is 41.6 Å². The summed E-state index contributed by atoms with van der Waals surface area (Å²) in [7, 11) is 0. The van der Waals surface area contributed by atoms with Crippen molar-refractivity contribution < 1.29 is 19.4 Å². The highest BCUT2D eigenvalue weighted by atomic mass is 35.5. The number of aliphatic hydroxyl groups excluding tert-OH is 1. The van der Waals surface area contributed by atoms with Crippen molar-refractivity contribution in [1.29, 1.82) is 0 Å². The van der Waals surface area contributed by atoms with E-state index in [-0.39, 0.29) is 35.7 Å². The van der Waals surface area contributed by atoms with E-state index in [1.807, 2.05) is 18.2 Å². The lowest BCUT2D eigenvalue weighted by Crippen LogP contribution is -2.25. The first kappa shape index (κ1) is 27.3. The summed E-state index contributed by atoms with van der Waals surface area (Å²) in [6, 6.07) is 9.29. The summed E-state index contributed by atoms with van der Waals surface area (Å²) < 4.78 is 5.19. The summed E-state index contributed by atoms with van der Waals surface area (Å²) in [5.41, 5.74) is 1.07. The topological polar surface area (TPSA) is 75.6 Å². The highest BCUT2D eigenvalue weighted by Gasteiger charge is 2.40. The molecule has 0 unspecified atom stereocenters. The Hall–Kier alpha value is -1.31. The van der Waals surface area contributed by atoms with E-state index in [9.17, 15) is 14.7 Å². The summed E-state index contributed by atoms with van der Waals surface area (Å²) in [6.07, 6.45) is 4.53. The number of carbonyl (C=O) groups is 2. The molecule has 0 bridgehead atoms. The molecular formula is C25H30Cl3NO4S. The van der Waals surface area contributed by atoms with Gasteiger partial charge in [-0.2, -0.15) is 0 Å². The number of benzene rings is 1. The Labute approximate surface area is 219 Å². The number of halogens is 3. The van der Waals surface area contributed by atoms with E-state index in [0.29, 0.717) is 27.9 Å². The molecule has 5 nitrogen and oxygen atoms in total. The fraction of sp³-hybridized carbons (Fsp3) is 0.520. The monoisotopic (exact) mass is 545 g/mol. The third kappa shape index (κ3) is 8.13. The average molecular weight is 547 g/mol. The molecule has 1 saturated carbocycles. The normalized spacial score (nSPS) is 22.0. The molecule has 186 valence electrons. The molecule has 1 amide bonds. The van der Waals surface area contributed by atoms with E-state index in [4.69, 9.17) is 39.5 Å². The van der Waals surface area contributed by atoms with Gasteiger partial charge in [0.25, 0.3) is 0 Å². The van der Waals surface area contributed by atoms with Crippen LogP contribution in [0.15, 0.2) is 30.3 Å². The minimum Gasteiger partial charge on any atom is -0.460 e. The van der Waals surface area contributed by atoms with E-state index in [1.165, 1.54) is 18.3 Å². The number of alkyl halides is 1. The molecule has 1 aliphatic rings. The lowest BCUT2D eigenvalue weighted by atomic mass is 9.85. The standard InChI is InChI=1S/C25H30Cl3NO4S/c1-15(30)29-9-10-33-25(32)24-8-6-19(34-24)3-2-4-20-21(23(31)14-22(20)28)7-5-16-11-17(26)13-18(27)12-16/h6,8,11-13,20-23,31H,2-5,7,9-10,14H2,1H3,(H,29,30)/t20-,21-,22+,23-/m1/s1. The zero-order valence-corrected chi connectivity index (χ0v) is 22.2. The summed E-state index contributed by atoms with van der Waals surface area (Å²) in [4.78, 5) is 24.7. The van der Waals surface area contributed by atoms with Crippen molar-refractivity contribution >= 4 is 58.0 Å². The largest absolute Gasteiger partial charge is 0.460 e. The van der Waals surface area contributed by atoms with Crippen LogP contribution in [0.4, 0.5) is 0 Å². The smallest absolute Gasteiger partial charge is 0.348 e. The molecule has 1 fully saturated rings. The van der Waals surface area contributed by atoms with Crippen molar-refractivity contribution in [2.75, 3.05) is 13.2 Å². The molecule has 2 aromatic rings. The number of nitrogens with one attached hydrogen (secondary N) is 1. The summed E-state index contributed by atoms with van der Waals surface area (Å²) in [6.45, 7) is 1.87. The number of hydrogen-bond acceptors (Lipinski definition) is 5. The summed E-state index contributed by atoms with van der Waals surface area (Å²) in [5, 5.41) is 14.4. The van der Waals surface area contributed by atoms with Gasteiger partial charge in [0.2, 0.25) is 5.91 Å². The zero-order chi connectivity index (χ0) is 24.7. The molecule has 1 aromatic heterocycles. The van der Waals surface area contributed by atoms with Crippen LogP contribution in [0.25, 0.3) is 0 Å². The van der Waals surface area contributed by atoms with Crippen LogP contribution < -0.4 is 5.32 Å². The second-order valence-corrected chi connectivity index (χ2v) is 11.3. The molecule has 0 aliphatic heterocycles. The van der Waals surface area contributed by atoms with Gasteiger partial charge >= 0.3 is 5.97 Å². The van der Waals surface area contributed by atoms with Crippen molar-refractivity contribution in [2.45, 2.75) is 56.9 Å². The van der Waals surface area contributed by atoms with Gasteiger partial charge in [0, 0.05) is 27.2 Å². The summed E-state index contributed by atoms with van der Waals surface area (Å²) >= 11 is 20.3. The first-order valence-corrected chi connectivity index (χ1v) is 13.5. The third-order valence-corrected chi connectivity index (χ3v) is 8.26. The Bertz CT molecular complexity index is 963. The fourth-order valence-corrected chi connectivity index (χ4v) is 6.61. The minimum atomic E-state index is -0.400. The number of aryl methyl sites for hydroxylation is 2. The van der Waals surface area contributed by atoms with Crippen molar-refractivity contribution in [2.24, 2.45) is 11.8 Å². The maximum Gasteiger partial charge on any atom is 0.348 e.